The summed E-state index contributed by atoms with van der Waals surface area (Å²) in [6.07, 6.45) is 3.03. The maximum absolute atomic E-state index is 13.0. The van der Waals surface area contributed by atoms with Crippen LogP contribution in [0.2, 0.25) is 0 Å². The van der Waals surface area contributed by atoms with Crippen molar-refractivity contribution < 1.29 is 29.1 Å². The van der Waals surface area contributed by atoms with Gasteiger partial charge in [0.25, 0.3) is 0 Å². The van der Waals surface area contributed by atoms with Crippen LogP contribution in [0, 0.1) is 11.8 Å². The lowest BCUT2D eigenvalue weighted by Crippen LogP contribution is -2.58. The van der Waals surface area contributed by atoms with Crippen molar-refractivity contribution >= 4 is 29.6 Å². The molecular weight excluding hydrogens is 458 g/mol. The van der Waals surface area contributed by atoms with E-state index >= 15 is 0 Å². The zero-order valence-corrected chi connectivity index (χ0v) is 20.5. The fraction of sp³-hybridized carbons (Fsp3) is 0.636. The Morgan fingerprint density at radius 2 is 1.63 bits per heavy atom. The minimum absolute atomic E-state index is 0.00347. The smallest absolute Gasteiger partial charge is 0.326 e. The van der Waals surface area contributed by atoms with Crippen LogP contribution in [-0.2, 0) is 30.4 Å². The third-order valence-electron chi connectivity index (χ3n) is 5.22. The van der Waals surface area contributed by atoms with E-state index in [0.29, 0.717) is 5.69 Å². The van der Waals surface area contributed by atoms with Crippen LogP contribution >= 0.6 is 0 Å². The van der Waals surface area contributed by atoms with E-state index in [9.17, 15) is 29.1 Å². The molecule has 13 heteroatoms. The highest BCUT2D eigenvalue weighted by Gasteiger charge is 2.32. The number of hydrogen-bond acceptors (Lipinski definition) is 7. The van der Waals surface area contributed by atoms with Crippen LogP contribution in [0.5, 0.6) is 0 Å². The number of rotatable bonds is 15. The van der Waals surface area contributed by atoms with E-state index in [1.165, 1.54) is 12.5 Å². The van der Waals surface area contributed by atoms with Crippen molar-refractivity contribution in [2.24, 2.45) is 23.3 Å². The second kappa shape index (κ2) is 14.0. The van der Waals surface area contributed by atoms with Gasteiger partial charge < -0.3 is 37.5 Å². The van der Waals surface area contributed by atoms with Crippen molar-refractivity contribution in [2.45, 2.75) is 77.5 Å². The number of nitrogens with one attached hydrogen (secondary N) is 4. The number of hydrogen-bond donors (Lipinski definition) is 7. The van der Waals surface area contributed by atoms with Gasteiger partial charge in [0, 0.05) is 24.7 Å². The number of aliphatic carboxylic acids is 1. The summed E-state index contributed by atoms with van der Waals surface area (Å²) in [5.41, 5.74) is 11.4. The van der Waals surface area contributed by atoms with Crippen molar-refractivity contribution in [3.63, 3.8) is 0 Å². The summed E-state index contributed by atoms with van der Waals surface area (Å²) in [5, 5.41) is 17.2. The molecule has 13 nitrogen and oxygen atoms in total. The van der Waals surface area contributed by atoms with Crippen molar-refractivity contribution in [3.05, 3.63) is 18.2 Å². The molecule has 0 aliphatic rings. The number of nitrogens with zero attached hydrogens (tertiary/aromatic N) is 1. The van der Waals surface area contributed by atoms with E-state index in [1.54, 1.807) is 13.8 Å². The van der Waals surface area contributed by atoms with Crippen LogP contribution < -0.4 is 27.4 Å². The third-order valence-corrected chi connectivity index (χ3v) is 5.22. The lowest BCUT2D eigenvalue weighted by atomic mass is 9.99. The fourth-order valence-electron chi connectivity index (χ4n) is 3.28. The summed E-state index contributed by atoms with van der Waals surface area (Å²) in [5.74, 6) is -4.09. The third kappa shape index (κ3) is 10.5. The summed E-state index contributed by atoms with van der Waals surface area (Å²) in [6, 6.07) is -4.32. The maximum Gasteiger partial charge on any atom is 0.326 e. The molecule has 4 atom stereocenters. The predicted octanol–water partition coefficient (Wildman–Crippen LogP) is -1.21. The molecule has 0 saturated carbocycles. The van der Waals surface area contributed by atoms with E-state index in [-0.39, 0.29) is 37.5 Å². The SMILES string of the molecule is CC(C)CC(NC(=O)C(NC(=O)C(N)CCC(N)=O)C(C)C)C(=O)NC(Cc1cnc[nH]1)C(=O)O. The molecule has 0 fully saturated rings. The normalized spacial score (nSPS) is 14.6. The number of aromatic amines is 1. The van der Waals surface area contributed by atoms with Gasteiger partial charge >= 0.3 is 5.97 Å². The van der Waals surface area contributed by atoms with Crippen LogP contribution in [0.3, 0.4) is 0 Å². The van der Waals surface area contributed by atoms with E-state index in [1.807, 2.05) is 13.8 Å². The minimum Gasteiger partial charge on any atom is -0.480 e. The number of aromatic nitrogens is 2. The van der Waals surface area contributed by atoms with E-state index in [2.05, 4.69) is 25.9 Å². The Kier molecular flexibility index (Phi) is 11.9. The number of carboxylic acids is 1. The number of carbonyl (C=O) groups is 5. The number of carbonyl (C=O) groups excluding carboxylic acids is 4. The Labute approximate surface area is 204 Å². The molecule has 0 aromatic carbocycles. The number of H-pyrrole nitrogens is 1. The summed E-state index contributed by atoms with van der Waals surface area (Å²) < 4.78 is 0. The minimum atomic E-state index is -1.24. The Bertz CT molecular complexity index is 872. The van der Waals surface area contributed by atoms with Gasteiger partial charge in [-0.3, -0.25) is 19.2 Å². The second-order valence-electron chi connectivity index (χ2n) is 9.21. The van der Waals surface area contributed by atoms with E-state index in [0.717, 1.165) is 0 Å². The molecule has 0 aliphatic heterocycles. The van der Waals surface area contributed by atoms with Gasteiger partial charge in [-0.2, -0.15) is 0 Å². The maximum atomic E-state index is 13.0. The van der Waals surface area contributed by atoms with Gasteiger partial charge in [-0.25, -0.2) is 9.78 Å². The summed E-state index contributed by atoms with van der Waals surface area (Å²) in [6.45, 7) is 7.13. The second-order valence-corrected chi connectivity index (χ2v) is 9.21. The molecule has 4 unspecified atom stereocenters. The van der Waals surface area contributed by atoms with Gasteiger partial charge in [0.05, 0.1) is 12.4 Å². The monoisotopic (exact) mass is 495 g/mol. The molecule has 196 valence electrons. The van der Waals surface area contributed by atoms with Crippen molar-refractivity contribution in [1.82, 2.24) is 25.9 Å². The topological polar surface area (TPSA) is 222 Å². The number of nitrogens with two attached hydrogens (primary N) is 2. The standard InChI is InChI=1S/C22H37N7O6/c1-11(2)7-15(20(32)28-16(22(34)35)8-13-9-25-10-26-13)27-21(33)18(12(3)4)29-19(31)14(23)5-6-17(24)30/h9-12,14-16,18H,5-8,23H2,1-4H3,(H2,24,30)(H,25,26)(H,27,33)(H,28,32)(H,29,31)(H,34,35). The Balaban J connectivity index is 2.92. The predicted molar refractivity (Wildman–Crippen MR) is 126 cm³/mol. The fourth-order valence-corrected chi connectivity index (χ4v) is 3.28. The lowest BCUT2D eigenvalue weighted by molar-refractivity contribution is -0.142. The highest BCUT2D eigenvalue weighted by atomic mass is 16.4. The summed E-state index contributed by atoms with van der Waals surface area (Å²) in [4.78, 5) is 67.7. The molecule has 4 amide bonds. The number of primary amides is 1. The van der Waals surface area contributed by atoms with Gasteiger partial charge in [0.2, 0.25) is 23.6 Å². The van der Waals surface area contributed by atoms with Gasteiger partial charge in [-0.1, -0.05) is 27.7 Å². The molecule has 35 heavy (non-hydrogen) atoms. The molecule has 1 rings (SSSR count). The van der Waals surface area contributed by atoms with Crippen molar-refractivity contribution in [1.29, 1.82) is 0 Å². The zero-order chi connectivity index (χ0) is 26.7. The number of imidazole rings is 1. The molecule has 1 aromatic rings. The molecule has 9 N–H and O–H groups in total. The quantitative estimate of drug-likeness (QED) is 0.156. The number of carboxylic acid groups (broad SMARTS) is 1. The van der Waals surface area contributed by atoms with Crippen molar-refractivity contribution in [3.8, 4) is 0 Å². The molecule has 0 bridgehead atoms. The van der Waals surface area contributed by atoms with Crippen LogP contribution in [-0.4, -0.2) is 68.8 Å². The van der Waals surface area contributed by atoms with Crippen LogP contribution in [0.1, 0.15) is 52.7 Å². The van der Waals surface area contributed by atoms with Gasteiger partial charge in [0.15, 0.2) is 0 Å². The molecule has 1 heterocycles. The molecule has 0 spiro atoms. The van der Waals surface area contributed by atoms with E-state index < -0.39 is 53.8 Å². The average Bonchev–Trinajstić information content (AvgIpc) is 3.26. The first kappa shape index (κ1) is 29.6. The Morgan fingerprint density at radius 3 is 2.11 bits per heavy atom. The first-order valence-electron chi connectivity index (χ1n) is 11.5. The summed E-state index contributed by atoms with van der Waals surface area (Å²) >= 11 is 0. The lowest BCUT2D eigenvalue weighted by Gasteiger charge is -2.27. The molecular formula is C22H37N7O6. The first-order valence-corrected chi connectivity index (χ1v) is 11.5. The largest absolute Gasteiger partial charge is 0.480 e. The summed E-state index contributed by atoms with van der Waals surface area (Å²) in [7, 11) is 0. The highest BCUT2D eigenvalue weighted by Crippen LogP contribution is 2.10. The van der Waals surface area contributed by atoms with E-state index in [4.69, 9.17) is 11.5 Å². The molecule has 1 aromatic heterocycles. The average molecular weight is 496 g/mol. The first-order chi connectivity index (χ1) is 16.3. The van der Waals surface area contributed by atoms with Crippen LogP contribution in [0.15, 0.2) is 12.5 Å². The molecule has 0 aliphatic carbocycles. The van der Waals surface area contributed by atoms with Gasteiger partial charge in [0.1, 0.15) is 18.1 Å². The van der Waals surface area contributed by atoms with Crippen molar-refractivity contribution in [2.75, 3.05) is 0 Å². The number of amides is 4. The highest BCUT2D eigenvalue weighted by molar-refractivity contribution is 5.94. The van der Waals surface area contributed by atoms with Gasteiger partial charge in [-0.05, 0) is 24.7 Å². The van der Waals surface area contributed by atoms with Gasteiger partial charge in [-0.15, -0.1) is 0 Å². The van der Waals surface area contributed by atoms with Crippen LogP contribution in [0.4, 0.5) is 0 Å². The Hall–Kier alpha value is -3.48. The van der Waals surface area contributed by atoms with Crippen LogP contribution in [0.25, 0.3) is 0 Å². The zero-order valence-electron chi connectivity index (χ0n) is 20.5. The molecule has 0 saturated heterocycles. The Morgan fingerprint density at radius 1 is 1.00 bits per heavy atom. The molecule has 0 radical (unpaired) electrons.